The van der Waals surface area contributed by atoms with Gasteiger partial charge >= 0.3 is 0 Å². The predicted octanol–water partition coefficient (Wildman–Crippen LogP) is 4.57. The van der Waals surface area contributed by atoms with Crippen LogP contribution in [0, 0.1) is 5.82 Å². The van der Waals surface area contributed by atoms with Crippen LogP contribution in [0.15, 0.2) is 64.3 Å². The van der Waals surface area contributed by atoms with Gasteiger partial charge in [-0.05, 0) is 48.5 Å². The molecule has 2 aromatic carbocycles. The first kappa shape index (κ1) is 17.3. The topological polar surface area (TPSA) is 76.8 Å². The molecule has 6 nitrogen and oxygen atoms in total. The van der Waals surface area contributed by atoms with E-state index in [1.165, 1.54) is 23.9 Å². The van der Waals surface area contributed by atoms with Crippen LogP contribution in [-0.2, 0) is 5.75 Å². The molecule has 8 heteroatoms. The van der Waals surface area contributed by atoms with Crippen LogP contribution in [0.4, 0.5) is 4.39 Å². The van der Waals surface area contributed by atoms with Crippen molar-refractivity contribution in [3.63, 3.8) is 0 Å². The molecule has 0 saturated heterocycles. The Morgan fingerprint density at radius 1 is 1.07 bits per heavy atom. The highest BCUT2D eigenvalue weighted by Crippen LogP contribution is 2.26. The van der Waals surface area contributed by atoms with E-state index in [1.807, 2.05) is 24.3 Å². The summed E-state index contributed by atoms with van der Waals surface area (Å²) in [6, 6.07) is 13.7. The van der Waals surface area contributed by atoms with Gasteiger partial charge in [0, 0.05) is 11.1 Å². The van der Waals surface area contributed by atoms with Gasteiger partial charge in [-0.3, -0.25) is 5.10 Å². The van der Waals surface area contributed by atoms with Crippen molar-refractivity contribution < 1.29 is 13.5 Å². The van der Waals surface area contributed by atoms with Crippen LogP contribution in [0.25, 0.3) is 22.7 Å². The fourth-order valence-corrected chi connectivity index (χ4v) is 3.09. The fourth-order valence-electron chi connectivity index (χ4n) is 2.44. The Morgan fingerprint density at radius 3 is 2.56 bits per heavy atom. The zero-order valence-electron chi connectivity index (χ0n) is 14.3. The molecule has 2 aromatic heterocycles. The summed E-state index contributed by atoms with van der Waals surface area (Å²) in [5.74, 6) is 2.82. The summed E-state index contributed by atoms with van der Waals surface area (Å²) in [5, 5.41) is 7.73. The molecule has 0 fully saturated rings. The standard InChI is InChI=1S/C19H15FN4O2S/c1-25-15-8-4-13(5-9-15)18-22-19(24-23-18)27-11-17-21-10-16(26-17)12-2-6-14(20)7-3-12/h2-10H,11H2,1H3,(H,22,23,24). The molecular formula is C19H15FN4O2S. The maximum atomic E-state index is 13.0. The predicted molar refractivity (Wildman–Crippen MR) is 99.8 cm³/mol. The number of hydrogen-bond acceptors (Lipinski definition) is 6. The minimum atomic E-state index is -0.286. The van der Waals surface area contributed by atoms with E-state index in [2.05, 4.69) is 20.2 Å². The number of benzene rings is 2. The first-order valence-electron chi connectivity index (χ1n) is 8.11. The van der Waals surface area contributed by atoms with Crippen molar-refractivity contribution in [2.24, 2.45) is 0 Å². The second kappa shape index (κ2) is 7.63. The number of hydrogen-bond donors (Lipinski definition) is 1. The lowest BCUT2D eigenvalue weighted by Gasteiger charge is -1.99. The highest BCUT2D eigenvalue weighted by atomic mass is 32.2. The first-order valence-corrected chi connectivity index (χ1v) is 9.10. The number of aromatic amines is 1. The van der Waals surface area contributed by atoms with Gasteiger partial charge in [0.25, 0.3) is 0 Å². The Hall–Kier alpha value is -3.13. The summed E-state index contributed by atoms with van der Waals surface area (Å²) in [5.41, 5.74) is 1.70. The third kappa shape index (κ3) is 4.01. The number of methoxy groups -OCH3 is 1. The Balaban J connectivity index is 1.40. The van der Waals surface area contributed by atoms with Gasteiger partial charge in [-0.1, -0.05) is 11.8 Å². The van der Waals surface area contributed by atoms with Crippen LogP contribution >= 0.6 is 11.8 Å². The molecule has 4 rings (SSSR count). The van der Waals surface area contributed by atoms with Crippen molar-refractivity contribution in [3.05, 3.63) is 66.4 Å². The van der Waals surface area contributed by atoms with E-state index in [4.69, 9.17) is 9.15 Å². The minimum Gasteiger partial charge on any atom is -0.497 e. The monoisotopic (exact) mass is 382 g/mol. The van der Waals surface area contributed by atoms with Gasteiger partial charge in [-0.25, -0.2) is 14.4 Å². The zero-order valence-corrected chi connectivity index (χ0v) is 15.2. The summed E-state index contributed by atoms with van der Waals surface area (Å²) in [7, 11) is 1.63. The maximum absolute atomic E-state index is 13.0. The van der Waals surface area contributed by atoms with E-state index in [1.54, 1.807) is 25.4 Å². The molecule has 1 N–H and O–H groups in total. The van der Waals surface area contributed by atoms with Gasteiger partial charge in [0.2, 0.25) is 11.0 Å². The Bertz CT molecular complexity index is 1030. The molecule has 0 bridgehead atoms. The van der Waals surface area contributed by atoms with Crippen molar-refractivity contribution >= 4 is 11.8 Å². The van der Waals surface area contributed by atoms with Gasteiger partial charge in [0.15, 0.2) is 11.6 Å². The van der Waals surface area contributed by atoms with E-state index in [9.17, 15) is 4.39 Å². The highest BCUT2D eigenvalue weighted by Gasteiger charge is 2.10. The number of H-pyrrole nitrogens is 1. The highest BCUT2D eigenvalue weighted by molar-refractivity contribution is 7.98. The van der Waals surface area contributed by atoms with Gasteiger partial charge in [-0.15, -0.1) is 5.10 Å². The number of ether oxygens (including phenoxy) is 1. The summed E-state index contributed by atoms with van der Waals surface area (Å²) >= 11 is 1.41. The lowest BCUT2D eigenvalue weighted by molar-refractivity contribution is 0.415. The molecule has 0 spiro atoms. The summed E-state index contributed by atoms with van der Waals surface area (Å²) < 4.78 is 23.9. The van der Waals surface area contributed by atoms with Crippen LogP contribution < -0.4 is 4.74 Å². The normalized spacial score (nSPS) is 10.9. The van der Waals surface area contributed by atoms with Crippen molar-refractivity contribution in [3.8, 4) is 28.5 Å². The largest absolute Gasteiger partial charge is 0.497 e. The number of rotatable bonds is 6. The zero-order chi connectivity index (χ0) is 18.6. The van der Waals surface area contributed by atoms with Gasteiger partial charge < -0.3 is 9.15 Å². The third-order valence-corrected chi connectivity index (χ3v) is 4.67. The molecule has 0 aliphatic rings. The van der Waals surface area contributed by atoms with Crippen LogP contribution in [-0.4, -0.2) is 27.3 Å². The molecule has 0 amide bonds. The molecule has 2 heterocycles. The number of aromatic nitrogens is 4. The number of thioether (sulfide) groups is 1. The maximum Gasteiger partial charge on any atom is 0.209 e. The second-order valence-corrected chi connectivity index (χ2v) is 6.55. The Labute approximate surface area is 158 Å². The molecular weight excluding hydrogens is 367 g/mol. The van der Waals surface area contributed by atoms with Gasteiger partial charge in [0.1, 0.15) is 11.6 Å². The minimum absolute atomic E-state index is 0.286. The smallest absolute Gasteiger partial charge is 0.209 e. The average Bonchev–Trinajstić information content (AvgIpc) is 3.37. The third-order valence-electron chi connectivity index (χ3n) is 3.84. The molecule has 0 radical (unpaired) electrons. The van der Waals surface area contributed by atoms with Crippen LogP contribution in [0.2, 0.25) is 0 Å². The molecule has 0 aliphatic carbocycles. The number of oxazole rings is 1. The van der Waals surface area contributed by atoms with Crippen molar-refractivity contribution in [1.29, 1.82) is 0 Å². The van der Waals surface area contributed by atoms with E-state index >= 15 is 0 Å². The van der Waals surface area contributed by atoms with Gasteiger partial charge in [0.05, 0.1) is 19.1 Å². The van der Waals surface area contributed by atoms with E-state index in [0.717, 1.165) is 16.9 Å². The molecule has 136 valence electrons. The summed E-state index contributed by atoms with van der Waals surface area (Å²) in [6.07, 6.45) is 1.63. The quantitative estimate of drug-likeness (QED) is 0.493. The number of nitrogens with one attached hydrogen (secondary N) is 1. The van der Waals surface area contributed by atoms with E-state index in [-0.39, 0.29) is 5.82 Å². The lowest BCUT2D eigenvalue weighted by atomic mass is 10.2. The average molecular weight is 382 g/mol. The summed E-state index contributed by atoms with van der Waals surface area (Å²) in [4.78, 5) is 8.72. The SMILES string of the molecule is COc1ccc(-c2nc(SCc3ncc(-c4ccc(F)cc4)o3)n[nH]2)cc1. The van der Waals surface area contributed by atoms with Crippen LogP contribution in [0.5, 0.6) is 5.75 Å². The van der Waals surface area contributed by atoms with Gasteiger partial charge in [-0.2, -0.15) is 0 Å². The van der Waals surface area contributed by atoms with Crippen molar-refractivity contribution in [2.45, 2.75) is 10.9 Å². The second-order valence-electron chi connectivity index (χ2n) is 5.61. The van der Waals surface area contributed by atoms with Crippen molar-refractivity contribution in [2.75, 3.05) is 7.11 Å². The van der Waals surface area contributed by atoms with Crippen LogP contribution in [0.3, 0.4) is 0 Å². The van der Waals surface area contributed by atoms with Crippen LogP contribution in [0.1, 0.15) is 5.89 Å². The van der Waals surface area contributed by atoms with Crippen molar-refractivity contribution in [1.82, 2.24) is 20.2 Å². The van der Waals surface area contributed by atoms with E-state index < -0.39 is 0 Å². The fraction of sp³-hybridized carbons (Fsp3) is 0.105. The molecule has 0 saturated carbocycles. The molecule has 0 unspecified atom stereocenters. The first-order chi connectivity index (χ1) is 13.2. The molecule has 4 aromatic rings. The number of nitrogens with zero attached hydrogens (tertiary/aromatic N) is 3. The summed E-state index contributed by atoms with van der Waals surface area (Å²) in [6.45, 7) is 0. The lowest BCUT2D eigenvalue weighted by Crippen LogP contribution is -1.84. The molecule has 0 aliphatic heterocycles. The molecule has 0 atom stereocenters. The van der Waals surface area contributed by atoms with E-state index in [0.29, 0.717) is 28.4 Å². The molecule has 27 heavy (non-hydrogen) atoms. The Morgan fingerprint density at radius 2 is 1.81 bits per heavy atom. The Kier molecular flexibility index (Phi) is 4.88. The number of halogens is 1.